The van der Waals surface area contributed by atoms with Crippen LogP contribution in [0.5, 0.6) is 5.75 Å². The monoisotopic (exact) mass is 308 g/mol. The molecule has 88 valence electrons. The Bertz CT molecular complexity index is 376. The van der Waals surface area contributed by atoms with E-state index in [1.165, 1.54) is 0 Å². The molecular formula is C9H10BrClN2O3. The summed E-state index contributed by atoms with van der Waals surface area (Å²) < 4.78 is 6.15. The molecule has 0 aliphatic rings. The van der Waals surface area contributed by atoms with Crippen LogP contribution >= 0.6 is 27.5 Å². The van der Waals surface area contributed by atoms with Gasteiger partial charge in [0.15, 0.2) is 0 Å². The van der Waals surface area contributed by atoms with Gasteiger partial charge in [-0.15, -0.1) is 0 Å². The van der Waals surface area contributed by atoms with Crippen molar-refractivity contribution in [2.24, 2.45) is 5.84 Å². The zero-order valence-corrected chi connectivity index (χ0v) is 10.5. The minimum absolute atomic E-state index is 0.0764. The van der Waals surface area contributed by atoms with Gasteiger partial charge in [0.05, 0.1) is 18.1 Å². The Balaban J connectivity index is 2.42. The first-order valence-electron chi connectivity index (χ1n) is 4.36. The van der Waals surface area contributed by atoms with Crippen molar-refractivity contribution < 1.29 is 14.4 Å². The van der Waals surface area contributed by atoms with Gasteiger partial charge in [-0.05, 0) is 18.2 Å². The van der Waals surface area contributed by atoms with Gasteiger partial charge in [0.1, 0.15) is 5.75 Å². The highest BCUT2D eigenvalue weighted by atomic mass is 79.9. The normalized spacial score (nSPS) is 9.94. The lowest BCUT2D eigenvalue weighted by atomic mass is 10.3. The molecular weight excluding hydrogens is 299 g/mol. The van der Waals surface area contributed by atoms with Gasteiger partial charge in [-0.1, -0.05) is 33.1 Å². The van der Waals surface area contributed by atoms with E-state index in [1.807, 2.05) is 0 Å². The van der Waals surface area contributed by atoms with Gasteiger partial charge in [0.25, 0.3) is 0 Å². The Morgan fingerprint density at radius 2 is 2.31 bits per heavy atom. The zero-order chi connectivity index (χ0) is 12.0. The predicted molar refractivity (Wildman–Crippen MR) is 62.7 cm³/mol. The second-order valence-corrected chi connectivity index (χ2v) is 4.09. The van der Waals surface area contributed by atoms with Crippen molar-refractivity contribution in [2.45, 2.75) is 6.42 Å². The van der Waals surface area contributed by atoms with Crippen molar-refractivity contribution in [3.05, 3.63) is 27.7 Å². The van der Waals surface area contributed by atoms with Gasteiger partial charge >= 0.3 is 5.97 Å². The summed E-state index contributed by atoms with van der Waals surface area (Å²) in [5, 5.41) is 0.480. The molecule has 1 aromatic rings. The predicted octanol–water partition coefficient (Wildman–Crippen LogP) is 1.79. The highest BCUT2D eigenvalue weighted by Gasteiger charge is 2.05. The number of nitrogens with one attached hydrogen (secondary N) is 1. The summed E-state index contributed by atoms with van der Waals surface area (Å²) in [6, 6.07) is 5.21. The van der Waals surface area contributed by atoms with Crippen LogP contribution in [0.3, 0.4) is 0 Å². The minimum atomic E-state index is -0.506. The van der Waals surface area contributed by atoms with E-state index in [2.05, 4.69) is 20.8 Å². The Morgan fingerprint density at radius 3 is 3.00 bits per heavy atom. The van der Waals surface area contributed by atoms with Gasteiger partial charge in [-0.25, -0.2) is 5.84 Å². The molecule has 0 bridgehead atoms. The Kier molecular flexibility index (Phi) is 5.54. The number of hydrogen-bond donors (Lipinski definition) is 2. The molecule has 0 radical (unpaired) electrons. The van der Waals surface area contributed by atoms with Crippen LogP contribution in [0.4, 0.5) is 0 Å². The Morgan fingerprint density at radius 1 is 1.56 bits per heavy atom. The highest BCUT2D eigenvalue weighted by molar-refractivity contribution is 9.10. The van der Waals surface area contributed by atoms with Crippen molar-refractivity contribution in [1.82, 2.24) is 5.59 Å². The van der Waals surface area contributed by atoms with E-state index in [0.29, 0.717) is 10.8 Å². The molecule has 0 saturated carbocycles. The maximum Gasteiger partial charge on any atom is 0.329 e. The van der Waals surface area contributed by atoms with E-state index in [-0.39, 0.29) is 13.0 Å². The lowest BCUT2D eigenvalue weighted by Crippen LogP contribution is -2.26. The minimum Gasteiger partial charge on any atom is -0.491 e. The molecule has 0 aliphatic heterocycles. The van der Waals surface area contributed by atoms with Crippen LogP contribution in [0.15, 0.2) is 22.7 Å². The summed E-state index contributed by atoms with van der Waals surface area (Å²) in [5.41, 5.74) is 1.80. The van der Waals surface area contributed by atoms with Crippen LogP contribution in [-0.2, 0) is 9.63 Å². The summed E-state index contributed by atoms with van der Waals surface area (Å²) in [4.78, 5) is 15.2. The standard InChI is InChI=1S/C9H10BrClN2O3/c10-6-1-2-7(11)8(5-6)15-4-3-9(14)16-13-12/h1-2,5,13H,3-4,12H2. The van der Waals surface area contributed by atoms with Gasteiger partial charge in [0.2, 0.25) is 0 Å². The maximum absolute atomic E-state index is 10.9. The first-order valence-corrected chi connectivity index (χ1v) is 5.53. The van der Waals surface area contributed by atoms with E-state index >= 15 is 0 Å². The van der Waals surface area contributed by atoms with Crippen LogP contribution in [0.2, 0.25) is 5.02 Å². The number of rotatable bonds is 5. The van der Waals surface area contributed by atoms with Crippen molar-refractivity contribution in [3.8, 4) is 5.75 Å². The van der Waals surface area contributed by atoms with E-state index in [9.17, 15) is 4.79 Å². The number of carbonyl (C=O) groups excluding carboxylic acids is 1. The molecule has 0 aliphatic carbocycles. The van der Waals surface area contributed by atoms with Crippen LogP contribution in [0.25, 0.3) is 0 Å². The third-order valence-electron chi connectivity index (χ3n) is 1.63. The zero-order valence-electron chi connectivity index (χ0n) is 8.20. The molecule has 0 aromatic heterocycles. The average Bonchev–Trinajstić information content (AvgIpc) is 2.23. The quantitative estimate of drug-likeness (QED) is 0.641. The van der Waals surface area contributed by atoms with E-state index in [0.717, 1.165) is 4.47 Å². The van der Waals surface area contributed by atoms with Gasteiger partial charge in [-0.3, -0.25) is 4.79 Å². The highest BCUT2D eigenvalue weighted by Crippen LogP contribution is 2.27. The molecule has 0 amide bonds. The number of hydrogen-bond acceptors (Lipinski definition) is 5. The number of nitrogens with two attached hydrogens (primary N) is 1. The van der Waals surface area contributed by atoms with Crippen LogP contribution < -0.4 is 16.2 Å². The largest absolute Gasteiger partial charge is 0.491 e. The number of halogens is 2. The van der Waals surface area contributed by atoms with E-state index in [1.54, 1.807) is 23.8 Å². The molecule has 5 nitrogen and oxygen atoms in total. The summed E-state index contributed by atoms with van der Waals surface area (Å²) in [7, 11) is 0. The van der Waals surface area contributed by atoms with Crippen molar-refractivity contribution in [1.29, 1.82) is 0 Å². The second-order valence-electron chi connectivity index (χ2n) is 2.77. The lowest BCUT2D eigenvalue weighted by molar-refractivity contribution is -0.151. The van der Waals surface area contributed by atoms with Crippen LogP contribution in [-0.4, -0.2) is 12.6 Å². The van der Waals surface area contributed by atoms with Gasteiger partial charge in [-0.2, -0.15) is 0 Å². The molecule has 0 heterocycles. The first-order chi connectivity index (χ1) is 7.63. The third-order valence-corrected chi connectivity index (χ3v) is 2.44. The molecule has 7 heteroatoms. The molecule has 0 spiro atoms. The second kappa shape index (κ2) is 6.70. The molecule has 0 atom stereocenters. The fourth-order valence-corrected chi connectivity index (χ4v) is 1.46. The van der Waals surface area contributed by atoms with Crippen LogP contribution in [0, 0.1) is 0 Å². The van der Waals surface area contributed by atoms with Crippen LogP contribution in [0.1, 0.15) is 6.42 Å². The Labute approximate surface area is 106 Å². The van der Waals surface area contributed by atoms with Gasteiger partial charge in [0, 0.05) is 4.47 Å². The maximum atomic E-state index is 10.9. The molecule has 3 N–H and O–H groups in total. The van der Waals surface area contributed by atoms with Crippen molar-refractivity contribution in [3.63, 3.8) is 0 Å². The fourth-order valence-electron chi connectivity index (χ4n) is 0.949. The molecule has 0 saturated heterocycles. The van der Waals surface area contributed by atoms with E-state index in [4.69, 9.17) is 22.2 Å². The molecule has 0 unspecified atom stereocenters. The third kappa shape index (κ3) is 4.36. The summed E-state index contributed by atoms with van der Waals surface area (Å²) in [6.45, 7) is 0.163. The lowest BCUT2D eigenvalue weighted by Gasteiger charge is -2.07. The number of benzene rings is 1. The topological polar surface area (TPSA) is 73.6 Å². The smallest absolute Gasteiger partial charge is 0.329 e. The summed E-state index contributed by atoms with van der Waals surface area (Å²) in [6.07, 6.45) is 0.0764. The summed E-state index contributed by atoms with van der Waals surface area (Å²) >= 11 is 9.16. The molecule has 1 aromatic carbocycles. The average molecular weight is 310 g/mol. The van der Waals surface area contributed by atoms with Crippen molar-refractivity contribution >= 4 is 33.5 Å². The van der Waals surface area contributed by atoms with Crippen molar-refractivity contribution in [2.75, 3.05) is 6.61 Å². The first kappa shape index (κ1) is 13.2. The van der Waals surface area contributed by atoms with E-state index < -0.39 is 5.97 Å². The number of ether oxygens (including phenoxy) is 1. The number of carbonyl (C=O) groups is 1. The SMILES string of the molecule is NNOC(=O)CCOc1cc(Br)ccc1Cl. The molecule has 16 heavy (non-hydrogen) atoms. The molecule has 1 rings (SSSR count). The fraction of sp³-hybridized carbons (Fsp3) is 0.222. The Hall–Kier alpha value is -0.820. The summed E-state index contributed by atoms with van der Waals surface area (Å²) in [5.74, 6) is 4.79. The number of hydrazine groups is 1. The van der Waals surface area contributed by atoms with Gasteiger partial charge < -0.3 is 9.57 Å². The molecule has 0 fully saturated rings.